The summed E-state index contributed by atoms with van der Waals surface area (Å²) in [5, 5.41) is 6.71. The van der Waals surface area contributed by atoms with Gasteiger partial charge in [-0.3, -0.25) is 14.9 Å². The molecule has 0 aliphatic rings. The van der Waals surface area contributed by atoms with E-state index in [0.29, 0.717) is 12.1 Å². The zero-order valence-electron chi connectivity index (χ0n) is 16.0. The maximum Gasteiger partial charge on any atom is 0.191 e. The van der Waals surface area contributed by atoms with Crippen LogP contribution in [-0.4, -0.2) is 54.1 Å². The molecule has 1 heterocycles. The van der Waals surface area contributed by atoms with Crippen LogP contribution in [-0.2, 0) is 6.42 Å². The molecule has 0 saturated heterocycles. The number of hydrogen-bond acceptors (Lipinski definition) is 3. The molecule has 0 aliphatic carbocycles. The van der Waals surface area contributed by atoms with Crippen molar-refractivity contribution in [1.82, 2.24) is 20.5 Å². The molecule has 0 unspecified atom stereocenters. The Balaban J connectivity index is 2.36. The van der Waals surface area contributed by atoms with Gasteiger partial charge >= 0.3 is 0 Å². The summed E-state index contributed by atoms with van der Waals surface area (Å²) in [6.45, 7) is 14.8. The van der Waals surface area contributed by atoms with Gasteiger partial charge in [-0.05, 0) is 59.1 Å². The average Bonchev–Trinajstić information content (AvgIpc) is 2.54. The van der Waals surface area contributed by atoms with Crippen molar-refractivity contribution in [3.05, 3.63) is 30.1 Å². The van der Waals surface area contributed by atoms with Crippen molar-refractivity contribution in [3.8, 4) is 0 Å². The zero-order chi connectivity index (χ0) is 17.8. The maximum absolute atomic E-state index is 4.69. The molecule has 0 fully saturated rings. The van der Waals surface area contributed by atoms with Crippen molar-refractivity contribution in [2.24, 2.45) is 4.99 Å². The molecule has 0 aliphatic heterocycles. The molecule has 0 aromatic carbocycles. The third-order valence-electron chi connectivity index (χ3n) is 3.94. The Morgan fingerprint density at radius 1 is 1.21 bits per heavy atom. The van der Waals surface area contributed by atoms with Gasteiger partial charge in [-0.2, -0.15) is 0 Å². The fraction of sp³-hybridized carbons (Fsp3) is 0.684. The molecule has 2 N–H and O–H groups in total. The van der Waals surface area contributed by atoms with Gasteiger partial charge in [0.05, 0.1) is 0 Å². The smallest absolute Gasteiger partial charge is 0.191 e. The van der Waals surface area contributed by atoms with Crippen LogP contribution in [0, 0.1) is 0 Å². The van der Waals surface area contributed by atoms with Gasteiger partial charge in [-0.15, -0.1) is 0 Å². The van der Waals surface area contributed by atoms with Crippen molar-refractivity contribution in [3.63, 3.8) is 0 Å². The first kappa shape index (κ1) is 20.4. The Morgan fingerprint density at radius 3 is 2.54 bits per heavy atom. The van der Waals surface area contributed by atoms with Crippen LogP contribution in [0.15, 0.2) is 29.5 Å². The van der Waals surface area contributed by atoms with Gasteiger partial charge < -0.3 is 10.6 Å². The molecule has 1 rings (SSSR count). The molecule has 24 heavy (non-hydrogen) atoms. The molecule has 1 aromatic rings. The second-order valence-electron chi connectivity index (χ2n) is 6.58. The van der Waals surface area contributed by atoms with Gasteiger partial charge in [0.1, 0.15) is 0 Å². The van der Waals surface area contributed by atoms with E-state index < -0.39 is 0 Å². The molecule has 136 valence electrons. The van der Waals surface area contributed by atoms with Crippen molar-refractivity contribution >= 4 is 5.96 Å². The first-order valence-corrected chi connectivity index (χ1v) is 9.21. The molecule has 0 bridgehead atoms. The fourth-order valence-corrected chi connectivity index (χ4v) is 2.77. The standard InChI is InChI=1S/C19H35N5/c1-6-21-19(23-13-10-18-9-7-11-20-15-18)22-12-8-14-24(16(2)3)17(4)5/h7,9,11,15-17H,6,8,10,12-14H2,1-5H3,(H2,21,22,23). The van der Waals surface area contributed by atoms with Crippen LogP contribution >= 0.6 is 0 Å². The number of aliphatic imine (C=N–C) groups is 1. The quantitative estimate of drug-likeness (QED) is 0.393. The normalized spacial score (nSPS) is 12.2. The summed E-state index contributed by atoms with van der Waals surface area (Å²) >= 11 is 0. The van der Waals surface area contributed by atoms with Gasteiger partial charge in [0, 0.05) is 50.7 Å². The summed E-state index contributed by atoms with van der Waals surface area (Å²) in [5.41, 5.74) is 1.24. The van der Waals surface area contributed by atoms with E-state index in [1.165, 1.54) is 5.56 Å². The monoisotopic (exact) mass is 333 g/mol. The Morgan fingerprint density at radius 2 is 1.96 bits per heavy atom. The Hall–Kier alpha value is -1.62. The second kappa shape index (κ2) is 11.8. The molecular formula is C19H35N5. The van der Waals surface area contributed by atoms with Crippen molar-refractivity contribution < 1.29 is 0 Å². The van der Waals surface area contributed by atoms with E-state index in [9.17, 15) is 0 Å². The number of guanidine groups is 1. The SMILES string of the molecule is CCNC(=NCCCN(C(C)C)C(C)C)NCCc1cccnc1. The van der Waals surface area contributed by atoms with Crippen molar-refractivity contribution in [2.75, 3.05) is 26.2 Å². The Kier molecular flexibility index (Phi) is 10.1. The van der Waals surface area contributed by atoms with E-state index in [0.717, 1.165) is 45.0 Å². The lowest BCUT2D eigenvalue weighted by Gasteiger charge is -2.30. The lowest BCUT2D eigenvalue weighted by atomic mass is 10.2. The minimum Gasteiger partial charge on any atom is -0.357 e. The largest absolute Gasteiger partial charge is 0.357 e. The van der Waals surface area contributed by atoms with Crippen molar-refractivity contribution in [1.29, 1.82) is 0 Å². The molecule has 0 spiro atoms. The molecule has 0 saturated carbocycles. The van der Waals surface area contributed by atoms with E-state index in [-0.39, 0.29) is 0 Å². The summed E-state index contributed by atoms with van der Waals surface area (Å²) < 4.78 is 0. The minimum absolute atomic E-state index is 0.583. The number of nitrogens with one attached hydrogen (secondary N) is 2. The van der Waals surface area contributed by atoms with Crippen LogP contribution in [0.2, 0.25) is 0 Å². The van der Waals surface area contributed by atoms with E-state index >= 15 is 0 Å². The average molecular weight is 334 g/mol. The molecular weight excluding hydrogens is 298 g/mol. The number of pyridine rings is 1. The van der Waals surface area contributed by atoms with Crippen LogP contribution in [0.1, 0.15) is 46.6 Å². The maximum atomic E-state index is 4.69. The summed E-state index contributed by atoms with van der Waals surface area (Å²) in [6, 6.07) is 5.24. The summed E-state index contributed by atoms with van der Waals surface area (Å²) in [7, 11) is 0. The Bertz CT molecular complexity index is 448. The highest BCUT2D eigenvalue weighted by atomic mass is 15.2. The third kappa shape index (κ3) is 8.29. The zero-order valence-corrected chi connectivity index (χ0v) is 16.0. The van der Waals surface area contributed by atoms with Crippen LogP contribution in [0.5, 0.6) is 0 Å². The topological polar surface area (TPSA) is 52.6 Å². The number of rotatable bonds is 10. The second-order valence-corrected chi connectivity index (χ2v) is 6.58. The van der Waals surface area contributed by atoms with Gasteiger partial charge in [0.25, 0.3) is 0 Å². The van der Waals surface area contributed by atoms with E-state index in [1.807, 2.05) is 12.3 Å². The van der Waals surface area contributed by atoms with Gasteiger partial charge in [0.2, 0.25) is 0 Å². The first-order valence-electron chi connectivity index (χ1n) is 9.21. The highest BCUT2D eigenvalue weighted by Gasteiger charge is 2.12. The number of aromatic nitrogens is 1. The van der Waals surface area contributed by atoms with Gasteiger partial charge in [0.15, 0.2) is 5.96 Å². The Labute approximate surface area is 148 Å². The highest BCUT2D eigenvalue weighted by Crippen LogP contribution is 2.05. The molecule has 0 atom stereocenters. The molecule has 1 aromatic heterocycles. The summed E-state index contributed by atoms with van der Waals surface area (Å²) in [4.78, 5) is 11.3. The minimum atomic E-state index is 0.583. The molecule has 5 nitrogen and oxygen atoms in total. The lowest BCUT2D eigenvalue weighted by Crippen LogP contribution is -2.39. The van der Waals surface area contributed by atoms with Crippen LogP contribution in [0.4, 0.5) is 0 Å². The highest BCUT2D eigenvalue weighted by molar-refractivity contribution is 5.79. The number of nitrogens with zero attached hydrogens (tertiary/aromatic N) is 3. The van der Waals surface area contributed by atoms with Gasteiger partial charge in [-0.25, -0.2) is 0 Å². The van der Waals surface area contributed by atoms with Crippen molar-refractivity contribution in [2.45, 2.75) is 59.5 Å². The van der Waals surface area contributed by atoms with Gasteiger partial charge in [-0.1, -0.05) is 6.07 Å². The first-order chi connectivity index (χ1) is 11.5. The number of hydrogen-bond donors (Lipinski definition) is 2. The molecule has 0 amide bonds. The van der Waals surface area contributed by atoms with E-state index in [1.54, 1.807) is 6.20 Å². The van der Waals surface area contributed by atoms with Crippen LogP contribution in [0.25, 0.3) is 0 Å². The molecule has 0 radical (unpaired) electrons. The third-order valence-corrected chi connectivity index (χ3v) is 3.94. The van der Waals surface area contributed by atoms with E-state index in [4.69, 9.17) is 0 Å². The summed E-state index contributed by atoms with van der Waals surface area (Å²) in [5.74, 6) is 0.905. The fourth-order valence-electron chi connectivity index (χ4n) is 2.77. The summed E-state index contributed by atoms with van der Waals surface area (Å²) in [6.07, 6.45) is 5.75. The van der Waals surface area contributed by atoms with Crippen LogP contribution in [0.3, 0.4) is 0 Å². The van der Waals surface area contributed by atoms with Crippen LogP contribution < -0.4 is 10.6 Å². The predicted octanol–water partition coefficient (Wildman–Crippen LogP) is 2.69. The van der Waals surface area contributed by atoms with E-state index in [2.05, 4.69) is 66.2 Å². The molecule has 5 heteroatoms. The lowest BCUT2D eigenvalue weighted by molar-refractivity contribution is 0.174. The predicted molar refractivity (Wildman–Crippen MR) is 104 cm³/mol.